The van der Waals surface area contributed by atoms with Gasteiger partial charge in [-0.2, -0.15) is 0 Å². The summed E-state index contributed by atoms with van der Waals surface area (Å²) in [6, 6.07) is 0. The monoisotopic (exact) mass is 197 g/mol. The van der Waals surface area contributed by atoms with Crippen LogP contribution in [-0.4, -0.2) is 42.2 Å². The number of nitrogens with one attached hydrogen (secondary N) is 1. The quantitative estimate of drug-likeness (QED) is 0.480. The lowest BCUT2D eigenvalue weighted by atomic mass is 10.4. The van der Waals surface area contributed by atoms with Crippen LogP contribution in [0.5, 0.6) is 0 Å². The molecule has 80 valence electrons. The number of hydrogen-bond donors (Lipinski definition) is 2. The molecule has 0 radical (unpaired) electrons. The van der Waals surface area contributed by atoms with Crippen LogP contribution in [0.25, 0.3) is 0 Å². The largest absolute Gasteiger partial charge is 0.367 e. The second kappa shape index (κ2) is 4.50. The van der Waals surface area contributed by atoms with Gasteiger partial charge in [-0.3, -0.25) is 10.4 Å². The van der Waals surface area contributed by atoms with E-state index in [1.165, 1.54) is 25.7 Å². The molecule has 2 aliphatic heterocycles. The Hall–Kier alpha value is -0.970. The first-order valence-corrected chi connectivity index (χ1v) is 5.45. The van der Waals surface area contributed by atoms with E-state index in [9.17, 15) is 0 Å². The van der Waals surface area contributed by atoms with E-state index in [0.717, 1.165) is 26.2 Å². The Kier molecular flexibility index (Phi) is 3.08. The van der Waals surface area contributed by atoms with Crippen molar-refractivity contribution in [2.45, 2.75) is 25.7 Å². The summed E-state index contributed by atoms with van der Waals surface area (Å²) in [7, 11) is 0. The summed E-state index contributed by atoms with van der Waals surface area (Å²) in [4.78, 5) is 0. The van der Waals surface area contributed by atoms with Crippen molar-refractivity contribution in [3.8, 4) is 0 Å². The normalized spacial score (nSPS) is 24.6. The van der Waals surface area contributed by atoms with Crippen LogP contribution in [-0.2, 0) is 0 Å². The van der Waals surface area contributed by atoms with Gasteiger partial charge in [-0.15, -0.1) is 5.10 Å². The highest BCUT2D eigenvalue weighted by molar-refractivity contribution is 5.77. The lowest BCUT2D eigenvalue weighted by molar-refractivity contribution is 0.284. The molecular formula is C9H19N5. The van der Waals surface area contributed by atoms with Crippen molar-refractivity contribution in [3.63, 3.8) is 0 Å². The summed E-state index contributed by atoms with van der Waals surface area (Å²) in [5.74, 6) is 0.536. The van der Waals surface area contributed by atoms with Crippen molar-refractivity contribution in [1.82, 2.24) is 15.4 Å². The Labute approximate surface area is 84.9 Å². The summed E-state index contributed by atoms with van der Waals surface area (Å²) in [5.41, 5.74) is 8.91. The van der Waals surface area contributed by atoms with E-state index in [-0.39, 0.29) is 0 Å². The molecule has 0 aromatic heterocycles. The SMILES string of the molecule is NC(=NN1CCCC1)NN1CCCC1. The smallest absolute Gasteiger partial charge is 0.225 e. The molecule has 0 spiro atoms. The van der Waals surface area contributed by atoms with E-state index >= 15 is 0 Å². The fourth-order valence-electron chi connectivity index (χ4n) is 1.97. The van der Waals surface area contributed by atoms with E-state index < -0.39 is 0 Å². The predicted molar refractivity (Wildman–Crippen MR) is 56.4 cm³/mol. The first-order chi connectivity index (χ1) is 6.84. The summed E-state index contributed by atoms with van der Waals surface area (Å²) in [6.45, 7) is 4.25. The lowest BCUT2D eigenvalue weighted by Gasteiger charge is -2.18. The number of hydrazone groups is 1. The minimum Gasteiger partial charge on any atom is -0.367 e. The Bertz CT molecular complexity index is 203. The molecule has 14 heavy (non-hydrogen) atoms. The van der Waals surface area contributed by atoms with Gasteiger partial charge in [0.1, 0.15) is 0 Å². The van der Waals surface area contributed by atoms with Gasteiger partial charge < -0.3 is 5.73 Å². The molecule has 3 N–H and O–H groups in total. The van der Waals surface area contributed by atoms with Gasteiger partial charge in [0.05, 0.1) is 0 Å². The van der Waals surface area contributed by atoms with Crippen LogP contribution in [0.15, 0.2) is 5.10 Å². The van der Waals surface area contributed by atoms with E-state index in [1.807, 2.05) is 5.01 Å². The van der Waals surface area contributed by atoms with Gasteiger partial charge in [0.25, 0.3) is 0 Å². The molecule has 0 saturated carbocycles. The molecule has 0 unspecified atom stereocenters. The second-order valence-corrected chi connectivity index (χ2v) is 3.95. The topological polar surface area (TPSA) is 56.9 Å². The maximum Gasteiger partial charge on any atom is 0.225 e. The molecule has 0 aromatic rings. The molecule has 0 amide bonds. The fourth-order valence-corrected chi connectivity index (χ4v) is 1.97. The van der Waals surface area contributed by atoms with Crippen LogP contribution < -0.4 is 11.2 Å². The van der Waals surface area contributed by atoms with Crippen LogP contribution in [0.2, 0.25) is 0 Å². The van der Waals surface area contributed by atoms with E-state index in [4.69, 9.17) is 5.73 Å². The molecule has 0 bridgehead atoms. The third-order valence-corrected chi connectivity index (χ3v) is 2.71. The molecule has 0 aliphatic carbocycles. The van der Waals surface area contributed by atoms with Gasteiger partial charge in [0, 0.05) is 26.2 Å². The molecule has 5 heteroatoms. The summed E-state index contributed by atoms with van der Waals surface area (Å²) >= 11 is 0. The fraction of sp³-hybridized carbons (Fsp3) is 0.889. The first-order valence-electron chi connectivity index (χ1n) is 5.45. The second-order valence-electron chi connectivity index (χ2n) is 3.95. The Balaban J connectivity index is 1.77. The predicted octanol–water partition coefficient (Wildman–Crippen LogP) is -0.0877. The van der Waals surface area contributed by atoms with Crippen LogP contribution in [0.1, 0.15) is 25.7 Å². The van der Waals surface area contributed by atoms with Gasteiger partial charge in [0.2, 0.25) is 5.96 Å². The molecule has 5 nitrogen and oxygen atoms in total. The highest BCUT2D eigenvalue weighted by Gasteiger charge is 2.13. The Morgan fingerprint density at radius 2 is 1.57 bits per heavy atom. The maximum atomic E-state index is 5.79. The Morgan fingerprint density at radius 1 is 1.00 bits per heavy atom. The van der Waals surface area contributed by atoms with Crippen LogP contribution in [0, 0.1) is 0 Å². The van der Waals surface area contributed by atoms with Crippen molar-refractivity contribution in [3.05, 3.63) is 0 Å². The van der Waals surface area contributed by atoms with Crippen LogP contribution in [0.4, 0.5) is 0 Å². The van der Waals surface area contributed by atoms with Crippen LogP contribution in [0.3, 0.4) is 0 Å². The molecule has 2 heterocycles. The molecule has 2 saturated heterocycles. The third-order valence-electron chi connectivity index (χ3n) is 2.71. The minimum absolute atomic E-state index is 0.536. The lowest BCUT2D eigenvalue weighted by Crippen LogP contribution is -2.45. The number of nitrogens with zero attached hydrogens (tertiary/aromatic N) is 3. The molecule has 0 atom stereocenters. The summed E-state index contributed by atoms with van der Waals surface area (Å²) in [6.07, 6.45) is 4.98. The van der Waals surface area contributed by atoms with Gasteiger partial charge in [0.15, 0.2) is 0 Å². The molecule has 2 aliphatic rings. The van der Waals surface area contributed by atoms with Gasteiger partial charge in [-0.1, -0.05) is 0 Å². The zero-order chi connectivity index (χ0) is 9.80. The standard InChI is InChI=1S/C9H19N5/c10-9(11-13-5-1-2-6-13)12-14-7-3-4-8-14/h1-8H2,(H3,10,11,12). The summed E-state index contributed by atoms with van der Waals surface area (Å²) in [5, 5.41) is 8.49. The maximum absolute atomic E-state index is 5.79. The number of guanidine groups is 1. The average Bonchev–Trinajstić information content (AvgIpc) is 2.76. The van der Waals surface area contributed by atoms with Crippen molar-refractivity contribution in [2.75, 3.05) is 26.2 Å². The van der Waals surface area contributed by atoms with Gasteiger partial charge in [-0.05, 0) is 25.7 Å². The number of nitrogens with two attached hydrogens (primary N) is 1. The van der Waals surface area contributed by atoms with Gasteiger partial charge in [-0.25, -0.2) is 5.01 Å². The van der Waals surface area contributed by atoms with Crippen molar-refractivity contribution < 1.29 is 0 Å². The van der Waals surface area contributed by atoms with Crippen molar-refractivity contribution in [1.29, 1.82) is 0 Å². The number of hydrazine groups is 1. The molecule has 2 fully saturated rings. The number of rotatable bonds is 2. The highest BCUT2D eigenvalue weighted by atomic mass is 15.6. The molecular weight excluding hydrogens is 178 g/mol. The van der Waals surface area contributed by atoms with Crippen molar-refractivity contribution >= 4 is 5.96 Å². The van der Waals surface area contributed by atoms with E-state index in [1.54, 1.807) is 0 Å². The molecule has 2 rings (SSSR count). The summed E-state index contributed by atoms with van der Waals surface area (Å²) < 4.78 is 0. The number of hydrogen-bond acceptors (Lipinski definition) is 3. The molecule has 0 aromatic carbocycles. The van der Waals surface area contributed by atoms with E-state index in [0.29, 0.717) is 5.96 Å². The van der Waals surface area contributed by atoms with Gasteiger partial charge >= 0.3 is 0 Å². The first kappa shape index (κ1) is 9.58. The van der Waals surface area contributed by atoms with Crippen molar-refractivity contribution in [2.24, 2.45) is 10.8 Å². The Morgan fingerprint density at radius 3 is 2.21 bits per heavy atom. The third kappa shape index (κ3) is 2.51. The zero-order valence-electron chi connectivity index (χ0n) is 8.58. The zero-order valence-corrected chi connectivity index (χ0v) is 8.58. The van der Waals surface area contributed by atoms with E-state index in [2.05, 4.69) is 15.5 Å². The minimum atomic E-state index is 0.536. The average molecular weight is 197 g/mol. The highest BCUT2D eigenvalue weighted by Crippen LogP contribution is 2.07. The van der Waals surface area contributed by atoms with Crippen LogP contribution >= 0.6 is 0 Å².